The SMILES string of the molecule is COCCCC(=O)c1ccc(Cl)cc1Br. The normalized spacial score (nSPS) is 10.3. The molecule has 1 aromatic rings. The van der Waals surface area contributed by atoms with Crippen molar-refractivity contribution in [1.29, 1.82) is 0 Å². The summed E-state index contributed by atoms with van der Waals surface area (Å²) in [7, 11) is 1.63. The summed E-state index contributed by atoms with van der Waals surface area (Å²) in [5.74, 6) is 0.107. The molecular weight excluding hydrogens is 279 g/mol. The fraction of sp³-hybridized carbons (Fsp3) is 0.364. The molecule has 0 aromatic heterocycles. The standard InChI is InChI=1S/C11H12BrClO2/c1-15-6-2-3-11(14)9-5-4-8(13)7-10(9)12/h4-5,7H,2-3,6H2,1H3. The minimum Gasteiger partial charge on any atom is -0.385 e. The summed E-state index contributed by atoms with van der Waals surface area (Å²) in [6, 6.07) is 5.18. The number of benzene rings is 1. The van der Waals surface area contributed by atoms with Crippen molar-refractivity contribution >= 4 is 33.3 Å². The molecule has 82 valence electrons. The maximum absolute atomic E-state index is 11.7. The summed E-state index contributed by atoms with van der Waals surface area (Å²) in [6.45, 7) is 0.608. The Hall–Kier alpha value is -0.380. The van der Waals surface area contributed by atoms with Gasteiger partial charge in [0.2, 0.25) is 0 Å². The average Bonchev–Trinajstić information content (AvgIpc) is 2.17. The molecule has 0 fully saturated rings. The number of ether oxygens (including phenoxy) is 1. The van der Waals surface area contributed by atoms with Gasteiger partial charge in [-0.2, -0.15) is 0 Å². The van der Waals surface area contributed by atoms with E-state index in [1.165, 1.54) is 0 Å². The summed E-state index contributed by atoms with van der Waals surface area (Å²) < 4.78 is 5.64. The Kier molecular flexibility index (Phi) is 5.29. The number of methoxy groups -OCH3 is 1. The van der Waals surface area contributed by atoms with Gasteiger partial charge in [0.15, 0.2) is 5.78 Å². The van der Waals surface area contributed by atoms with Gasteiger partial charge in [0, 0.05) is 35.2 Å². The van der Waals surface area contributed by atoms with Crippen LogP contribution in [0.3, 0.4) is 0 Å². The third-order valence-electron chi connectivity index (χ3n) is 1.98. The van der Waals surface area contributed by atoms with Crippen LogP contribution in [0.25, 0.3) is 0 Å². The summed E-state index contributed by atoms with van der Waals surface area (Å²) in [6.07, 6.45) is 1.23. The number of Topliss-reactive ketones (excluding diaryl/α,β-unsaturated/α-hetero) is 1. The summed E-state index contributed by atoms with van der Waals surface area (Å²) in [5.41, 5.74) is 0.676. The maximum atomic E-state index is 11.7. The monoisotopic (exact) mass is 290 g/mol. The van der Waals surface area contributed by atoms with Crippen molar-refractivity contribution in [3.05, 3.63) is 33.3 Å². The molecular formula is C11H12BrClO2. The van der Waals surface area contributed by atoms with Crippen molar-refractivity contribution < 1.29 is 9.53 Å². The topological polar surface area (TPSA) is 26.3 Å². The smallest absolute Gasteiger partial charge is 0.164 e. The van der Waals surface area contributed by atoms with Gasteiger partial charge in [-0.05, 0) is 40.5 Å². The van der Waals surface area contributed by atoms with E-state index in [0.29, 0.717) is 23.6 Å². The molecule has 0 heterocycles. The Labute approximate surface area is 103 Å². The van der Waals surface area contributed by atoms with Gasteiger partial charge >= 0.3 is 0 Å². The van der Waals surface area contributed by atoms with Crippen molar-refractivity contribution in [1.82, 2.24) is 0 Å². The van der Waals surface area contributed by atoms with Crippen molar-refractivity contribution in [3.63, 3.8) is 0 Å². The first-order valence-electron chi connectivity index (χ1n) is 4.62. The maximum Gasteiger partial charge on any atom is 0.164 e. The van der Waals surface area contributed by atoms with E-state index >= 15 is 0 Å². The van der Waals surface area contributed by atoms with Crippen LogP contribution in [-0.4, -0.2) is 19.5 Å². The van der Waals surface area contributed by atoms with Crippen LogP contribution in [0, 0.1) is 0 Å². The number of halogens is 2. The Morgan fingerprint density at radius 1 is 1.53 bits per heavy atom. The summed E-state index contributed by atoms with van der Waals surface area (Å²) in [5, 5.41) is 0.621. The van der Waals surface area contributed by atoms with Gasteiger partial charge in [-0.3, -0.25) is 4.79 Å². The fourth-order valence-electron chi connectivity index (χ4n) is 1.23. The van der Waals surface area contributed by atoms with Crippen molar-refractivity contribution in [3.8, 4) is 0 Å². The van der Waals surface area contributed by atoms with Gasteiger partial charge in [-0.25, -0.2) is 0 Å². The summed E-state index contributed by atoms with van der Waals surface area (Å²) in [4.78, 5) is 11.7. The number of carbonyl (C=O) groups excluding carboxylic acids is 1. The number of hydrogen-bond donors (Lipinski definition) is 0. The molecule has 0 radical (unpaired) electrons. The molecule has 0 aliphatic rings. The highest BCUT2D eigenvalue weighted by Gasteiger charge is 2.09. The predicted octanol–water partition coefficient (Wildman–Crippen LogP) is 3.71. The quantitative estimate of drug-likeness (QED) is 0.610. The van der Waals surface area contributed by atoms with Crippen molar-refractivity contribution in [2.24, 2.45) is 0 Å². The van der Waals surface area contributed by atoms with E-state index in [2.05, 4.69) is 15.9 Å². The zero-order valence-electron chi connectivity index (χ0n) is 8.43. The van der Waals surface area contributed by atoms with Crippen LogP contribution in [0.15, 0.2) is 22.7 Å². The van der Waals surface area contributed by atoms with Crippen LogP contribution >= 0.6 is 27.5 Å². The molecule has 0 aliphatic carbocycles. The Morgan fingerprint density at radius 3 is 2.87 bits per heavy atom. The molecule has 4 heteroatoms. The first-order chi connectivity index (χ1) is 7.15. The van der Waals surface area contributed by atoms with Gasteiger partial charge in [0.25, 0.3) is 0 Å². The molecule has 2 nitrogen and oxygen atoms in total. The van der Waals surface area contributed by atoms with E-state index in [1.54, 1.807) is 25.3 Å². The molecule has 0 N–H and O–H groups in total. The van der Waals surface area contributed by atoms with E-state index in [9.17, 15) is 4.79 Å². The number of rotatable bonds is 5. The lowest BCUT2D eigenvalue weighted by atomic mass is 10.1. The van der Waals surface area contributed by atoms with Crippen LogP contribution in [0.1, 0.15) is 23.2 Å². The Morgan fingerprint density at radius 2 is 2.27 bits per heavy atom. The second kappa shape index (κ2) is 6.26. The molecule has 15 heavy (non-hydrogen) atoms. The Balaban J connectivity index is 2.65. The summed E-state index contributed by atoms with van der Waals surface area (Å²) >= 11 is 9.11. The van der Waals surface area contributed by atoms with E-state index in [4.69, 9.17) is 16.3 Å². The van der Waals surface area contributed by atoms with Crippen LogP contribution in [-0.2, 0) is 4.74 Å². The molecule has 1 aromatic carbocycles. The number of hydrogen-bond acceptors (Lipinski definition) is 2. The Bertz CT molecular complexity index is 352. The average molecular weight is 292 g/mol. The fourth-order valence-corrected chi connectivity index (χ4v) is 2.13. The molecule has 0 saturated carbocycles. The van der Waals surface area contributed by atoms with Crippen LogP contribution in [0.5, 0.6) is 0 Å². The first kappa shape index (κ1) is 12.7. The highest BCUT2D eigenvalue weighted by Crippen LogP contribution is 2.22. The lowest BCUT2D eigenvalue weighted by Crippen LogP contribution is -2.02. The van der Waals surface area contributed by atoms with Gasteiger partial charge in [-0.1, -0.05) is 11.6 Å². The highest BCUT2D eigenvalue weighted by molar-refractivity contribution is 9.10. The molecule has 1 rings (SSSR count). The molecule has 0 atom stereocenters. The zero-order valence-corrected chi connectivity index (χ0v) is 10.8. The second-order valence-electron chi connectivity index (χ2n) is 3.14. The van der Waals surface area contributed by atoms with E-state index in [-0.39, 0.29) is 5.78 Å². The van der Waals surface area contributed by atoms with Crippen molar-refractivity contribution in [2.75, 3.05) is 13.7 Å². The minimum atomic E-state index is 0.107. The van der Waals surface area contributed by atoms with Crippen LogP contribution < -0.4 is 0 Å². The number of carbonyl (C=O) groups is 1. The second-order valence-corrected chi connectivity index (χ2v) is 4.43. The lowest BCUT2D eigenvalue weighted by Gasteiger charge is -2.03. The third kappa shape index (κ3) is 3.93. The lowest BCUT2D eigenvalue weighted by molar-refractivity contribution is 0.0962. The molecule has 0 aliphatic heterocycles. The van der Waals surface area contributed by atoms with E-state index < -0.39 is 0 Å². The van der Waals surface area contributed by atoms with Gasteiger partial charge in [-0.15, -0.1) is 0 Å². The van der Waals surface area contributed by atoms with Crippen molar-refractivity contribution in [2.45, 2.75) is 12.8 Å². The molecule has 0 bridgehead atoms. The van der Waals surface area contributed by atoms with Crippen LogP contribution in [0.2, 0.25) is 5.02 Å². The zero-order chi connectivity index (χ0) is 11.3. The predicted molar refractivity (Wildman–Crippen MR) is 64.6 cm³/mol. The molecule has 0 amide bonds. The van der Waals surface area contributed by atoms with Gasteiger partial charge in [0.05, 0.1) is 0 Å². The first-order valence-corrected chi connectivity index (χ1v) is 5.79. The molecule has 0 spiro atoms. The van der Waals surface area contributed by atoms with Gasteiger partial charge < -0.3 is 4.74 Å². The van der Waals surface area contributed by atoms with E-state index in [1.807, 2.05) is 0 Å². The molecule has 0 unspecified atom stereocenters. The van der Waals surface area contributed by atoms with E-state index in [0.717, 1.165) is 10.9 Å². The largest absolute Gasteiger partial charge is 0.385 e. The number of ketones is 1. The minimum absolute atomic E-state index is 0.107. The van der Waals surface area contributed by atoms with Gasteiger partial charge in [0.1, 0.15) is 0 Å². The molecule has 0 saturated heterocycles. The highest BCUT2D eigenvalue weighted by atomic mass is 79.9. The van der Waals surface area contributed by atoms with Crippen LogP contribution in [0.4, 0.5) is 0 Å². The third-order valence-corrected chi connectivity index (χ3v) is 2.88.